The molecule has 1 unspecified atom stereocenters. The van der Waals surface area contributed by atoms with Gasteiger partial charge >= 0.3 is 0 Å². The molecule has 5 heteroatoms. The lowest BCUT2D eigenvalue weighted by Crippen LogP contribution is -2.44. The van der Waals surface area contributed by atoms with E-state index in [-0.39, 0.29) is 5.41 Å². The number of hydrogen-bond acceptors (Lipinski definition) is 5. The molecule has 1 aliphatic carbocycles. The highest BCUT2D eigenvalue weighted by Crippen LogP contribution is 2.60. The fourth-order valence-corrected chi connectivity index (χ4v) is 10.0. The third kappa shape index (κ3) is 5.00. The van der Waals surface area contributed by atoms with Crippen LogP contribution in [0.5, 0.6) is 5.75 Å². The van der Waals surface area contributed by atoms with E-state index in [1.807, 2.05) is 36.4 Å². The Labute approximate surface area is 324 Å². The van der Waals surface area contributed by atoms with Gasteiger partial charge in [-0.25, -0.2) is 15.0 Å². The molecule has 2 aliphatic rings. The summed E-state index contributed by atoms with van der Waals surface area (Å²) in [6.45, 7) is 10.8. The van der Waals surface area contributed by atoms with Gasteiger partial charge in [-0.1, -0.05) is 154 Å². The van der Waals surface area contributed by atoms with Gasteiger partial charge in [0.25, 0.3) is 0 Å². The number of thiophene rings is 1. The molecule has 0 amide bonds. The lowest BCUT2D eigenvalue weighted by molar-refractivity contribution is 0.381. The lowest BCUT2D eigenvalue weighted by atomic mass is 9.53. The first-order valence-electron chi connectivity index (χ1n) is 18.6. The number of ether oxygens (including phenoxy) is 1. The number of hydrogen-bond donors (Lipinski definition) is 0. The minimum atomic E-state index is -0.680. The van der Waals surface area contributed by atoms with Gasteiger partial charge in [0.2, 0.25) is 0 Å². The molecule has 0 radical (unpaired) electrons. The molecule has 6 aromatic carbocycles. The van der Waals surface area contributed by atoms with Gasteiger partial charge in [-0.3, -0.25) is 0 Å². The topological polar surface area (TPSA) is 47.9 Å². The number of rotatable bonds is 5. The Morgan fingerprint density at radius 1 is 0.564 bits per heavy atom. The standard InChI is InChI=1S/C50H37N3OS/c1-5-6-19-37-31(2)54-43-23-14-13-22-41(43)50(37)40-21-12-11-20-38(40)49(3,4)39-28-26-33(29-42(39)50)47-51-46(32-16-8-7-9-17-32)52-48(53-47)34-25-27-36-35-18-10-15-24-44(35)55-45(36)30-34/h5-30H,1H2,2-4H3/b19-6-. The molecule has 55 heavy (non-hydrogen) atoms. The largest absolute Gasteiger partial charge is 0.461 e. The van der Waals surface area contributed by atoms with Gasteiger partial charge in [0.05, 0.1) is 5.41 Å². The van der Waals surface area contributed by atoms with Gasteiger partial charge < -0.3 is 4.74 Å². The Morgan fingerprint density at radius 3 is 1.95 bits per heavy atom. The molecule has 0 fully saturated rings. The second-order valence-corrected chi connectivity index (χ2v) is 15.9. The summed E-state index contributed by atoms with van der Waals surface area (Å²) in [6.07, 6.45) is 6.02. The molecule has 0 saturated carbocycles. The van der Waals surface area contributed by atoms with Crippen LogP contribution in [0.1, 0.15) is 48.6 Å². The molecule has 1 spiro atoms. The molecule has 8 aromatic rings. The highest BCUT2D eigenvalue weighted by molar-refractivity contribution is 7.25. The van der Waals surface area contributed by atoms with Gasteiger partial charge in [-0.2, -0.15) is 0 Å². The first-order valence-corrected chi connectivity index (χ1v) is 19.5. The van der Waals surface area contributed by atoms with Crippen LogP contribution < -0.4 is 4.74 Å². The zero-order chi connectivity index (χ0) is 37.3. The molecular formula is C50H37N3OS. The van der Waals surface area contributed by atoms with Crippen molar-refractivity contribution >= 4 is 31.5 Å². The van der Waals surface area contributed by atoms with Gasteiger partial charge in [0, 0.05) is 53.4 Å². The van der Waals surface area contributed by atoms with Crippen LogP contribution in [-0.4, -0.2) is 15.0 Å². The van der Waals surface area contributed by atoms with E-state index in [0.717, 1.165) is 39.3 Å². The van der Waals surface area contributed by atoms with E-state index in [2.05, 4.69) is 149 Å². The summed E-state index contributed by atoms with van der Waals surface area (Å²) in [5.74, 6) is 3.61. The van der Waals surface area contributed by atoms with Crippen LogP contribution in [0.15, 0.2) is 176 Å². The first kappa shape index (κ1) is 33.2. The highest BCUT2D eigenvalue weighted by Gasteiger charge is 2.53. The number of nitrogens with zero attached hydrogens (tertiary/aromatic N) is 3. The Morgan fingerprint density at radius 2 is 1.16 bits per heavy atom. The number of para-hydroxylation sites is 1. The van der Waals surface area contributed by atoms with Gasteiger partial charge in [-0.15, -0.1) is 11.3 Å². The van der Waals surface area contributed by atoms with Crippen LogP contribution >= 0.6 is 11.3 Å². The molecular weight excluding hydrogens is 691 g/mol. The minimum Gasteiger partial charge on any atom is -0.461 e. The summed E-state index contributed by atoms with van der Waals surface area (Å²) in [7, 11) is 0. The molecule has 1 atom stereocenters. The molecule has 0 saturated heterocycles. The van der Waals surface area contributed by atoms with E-state index in [1.165, 1.54) is 42.4 Å². The van der Waals surface area contributed by atoms with Crippen molar-refractivity contribution in [1.82, 2.24) is 15.0 Å². The summed E-state index contributed by atoms with van der Waals surface area (Å²) >= 11 is 1.80. The van der Waals surface area contributed by atoms with Crippen molar-refractivity contribution in [3.63, 3.8) is 0 Å². The van der Waals surface area contributed by atoms with E-state index < -0.39 is 5.41 Å². The van der Waals surface area contributed by atoms with Crippen LogP contribution in [0.2, 0.25) is 0 Å². The van der Waals surface area contributed by atoms with E-state index in [1.54, 1.807) is 11.3 Å². The van der Waals surface area contributed by atoms with Crippen LogP contribution in [0.3, 0.4) is 0 Å². The number of benzene rings is 6. The van der Waals surface area contributed by atoms with E-state index in [9.17, 15) is 0 Å². The molecule has 4 nitrogen and oxygen atoms in total. The molecule has 1 aliphatic heterocycles. The molecule has 2 aromatic heterocycles. The Balaban J connectivity index is 1.25. The Hall–Kier alpha value is -6.43. The van der Waals surface area contributed by atoms with Gasteiger partial charge in [-0.05, 0) is 53.4 Å². The fraction of sp³-hybridized carbons (Fsp3) is 0.100. The third-order valence-electron chi connectivity index (χ3n) is 11.4. The maximum absolute atomic E-state index is 6.61. The maximum atomic E-state index is 6.61. The van der Waals surface area contributed by atoms with Crippen molar-refractivity contribution in [2.45, 2.75) is 31.6 Å². The normalized spacial score (nSPS) is 16.9. The fourth-order valence-electron chi connectivity index (χ4n) is 8.88. The average molecular weight is 728 g/mol. The van der Waals surface area contributed by atoms with E-state index in [4.69, 9.17) is 19.7 Å². The van der Waals surface area contributed by atoms with Crippen molar-refractivity contribution < 1.29 is 4.74 Å². The number of allylic oxidation sites excluding steroid dienone is 5. The molecule has 3 heterocycles. The zero-order valence-electron chi connectivity index (χ0n) is 30.9. The molecule has 10 rings (SSSR count). The number of fused-ring (bicyclic) bond motifs is 9. The molecule has 0 N–H and O–H groups in total. The zero-order valence-corrected chi connectivity index (χ0v) is 31.7. The van der Waals surface area contributed by atoms with Crippen molar-refractivity contribution in [3.05, 3.63) is 203 Å². The predicted molar refractivity (Wildman–Crippen MR) is 227 cm³/mol. The quantitative estimate of drug-likeness (QED) is 0.166. The Kier molecular flexibility index (Phi) is 7.58. The minimum absolute atomic E-state index is 0.288. The van der Waals surface area contributed by atoms with Gasteiger partial charge in [0.15, 0.2) is 17.5 Å². The highest BCUT2D eigenvalue weighted by atomic mass is 32.1. The summed E-state index contributed by atoms with van der Waals surface area (Å²) in [5, 5.41) is 2.51. The van der Waals surface area contributed by atoms with Crippen LogP contribution in [0, 0.1) is 0 Å². The number of aromatic nitrogens is 3. The maximum Gasteiger partial charge on any atom is 0.164 e. The van der Waals surface area contributed by atoms with Crippen LogP contribution in [0.25, 0.3) is 54.3 Å². The van der Waals surface area contributed by atoms with Crippen molar-refractivity contribution in [2.75, 3.05) is 0 Å². The SMILES string of the molecule is C=C/C=C\C1=C(C)Oc2ccccc2C12c1ccccc1C(C)(C)c1ccc(-c3nc(-c4ccccc4)nc(-c4ccc5c(c4)sc4ccccc45)n3)cc12. The van der Waals surface area contributed by atoms with Crippen LogP contribution in [-0.2, 0) is 10.8 Å². The summed E-state index contributed by atoms with van der Waals surface area (Å²) < 4.78 is 9.08. The van der Waals surface area contributed by atoms with Crippen molar-refractivity contribution in [1.29, 1.82) is 0 Å². The molecule has 264 valence electrons. The summed E-state index contributed by atoms with van der Waals surface area (Å²) in [6, 6.07) is 49.5. The monoisotopic (exact) mass is 727 g/mol. The third-order valence-corrected chi connectivity index (χ3v) is 12.5. The second kappa shape index (κ2) is 12.6. The van der Waals surface area contributed by atoms with Crippen LogP contribution in [0.4, 0.5) is 0 Å². The van der Waals surface area contributed by atoms with Crippen molar-refractivity contribution in [3.8, 4) is 39.9 Å². The predicted octanol–water partition coefficient (Wildman–Crippen LogP) is 12.6. The van der Waals surface area contributed by atoms with Crippen molar-refractivity contribution in [2.24, 2.45) is 0 Å². The summed E-state index contributed by atoms with van der Waals surface area (Å²) in [5.41, 5.74) is 8.98. The van der Waals surface area contributed by atoms with E-state index in [0.29, 0.717) is 17.5 Å². The van der Waals surface area contributed by atoms with E-state index >= 15 is 0 Å². The smallest absolute Gasteiger partial charge is 0.164 e. The van der Waals surface area contributed by atoms with Gasteiger partial charge in [0.1, 0.15) is 11.5 Å². The average Bonchev–Trinajstić information content (AvgIpc) is 3.60. The Bertz CT molecular complexity index is 2920. The first-order chi connectivity index (χ1) is 26.9. The summed E-state index contributed by atoms with van der Waals surface area (Å²) in [4.78, 5) is 15.6. The molecule has 0 bridgehead atoms. The lowest BCUT2D eigenvalue weighted by Gasteiger charge is -2.50. The second-order valence-electron chi connectivity index (χ2n) is 14.8.